The fourth-order valence-electron chi connectivity index (χ4n) is 1.98. The first-order valence-electron chi connectivity index (χ1n) is 5.39. The Bertz CT molecular complexity index is 401. The number of rotatable bonds is 4. The lowest BCUT2D eigenvalue weighted by molar-refractivity contribution is 0.411. The van der Waals surface area contributed by atoms with Crippen molar-refractivity contribution >= 4 is 17.2 Å². The van der Waals surface area contributed by atoms with Crippen LogP contribution in [-0.2, 0) is 0 Å². The Morgan fingerprint density at radius 1 is 1.38 bits per heavy atom. The Kier molecular flexibility index (Phi) is 4.30. The van der Waals surface area contributed by atoms with Crippen molar-refractivity contribution < 1.29 is 4.74 Å². The lowest BCUT2D eigenvalue weighted by atomic mass is 9.91. The molecule has 3 heteroatoms. The average molecular weight is 237 g/mol. The van der Waals surface area contributed by atoms with E-state index in [4.69, 9.17) is 22.7 Å². The summed E-state index contributed by atoms with van der Waals surface area (Å²) in [6, 6.07) is 4.11. The van der Waals surface area contributed by atoms with Gasteiger partial charge in [-0.05, 0) is 42.5 Å². The van der Waals surface area contributed by atoms with Gasteiger partial charge in [-0.25, -0.2) is 0 Å². The maximum atomic E-state index is 5.58. The molecule has 0 spiro atoms. The van der Waals surface area contributed by atoms with Crippen molar-refractivity contribution in [3.63, 3.8) is 0 Å². The molecule has 0 aromatic heterocycles. The highest BCUT2D eigenvalue weighted by Crippen LogP contribution is 2.29. The summed E-state index contributed by atoms with van der Waals surface area (Å²) < 4.78 is 5.29. The molecular weight excluding hydrogens is 218 g/mol. The molecule has 1 unspecified atom stereocenters. The van der Waals surface area contributed by atoms with Gasteiger partial charge in [-0.3, -0.25) is 0 Å². The second-order valence-corrected chi connectivity index (χ2v) is 4.70. The predicted octanol–water partition coefficient (Wildman–Crippen LogP) is 3.09. The maximum Gasteiger partial charge on any atom is 0.122 e. The highest BCUT2D eigenvalue weighted by molar-refractivity contribution is 7.80. The van der Waals surface area contributed by atoms with E-state index in [9.17, 15) is 0 Å². The van der Waals surface area contributed by atoms with Crippen molar-refractivity contribution in [1.82, 2.24) is 0 Å². The Balaban J connectivity index is 3.06. The number of thiocarbonyl (C=S) groups is 1. The monoisotopic (exact) mass is 237 g/mol. The van der Waals surface area contributed by atoms with Crippen LogP contribution in [0.1, 0.15) is 36.0 Å². The van der Waals surface area contributed by atoms with Gasteiger partial charge in [0.1, 0.15) is 5.75 Å². The first-order chi connectivity index (χ1) is 7.47. The van der Waals surface area contributed by atoms with Gasteiger partial charge in [0, 0.05) is 6.42 Å². The van der Waals surface area contributed by atoms with Crippen LogP contribution in [-0.4, -0.2) is 12.1 Å². The molecule has 0 amide bonds. The lowest BCUT2D eigenvalue weighted by Crippen LogP contribution is -2.12. The van der Waals surface area contributed by atoms with Crippen molar-refractivity contribution in [2.45, 2.75) is 33.1 Å². The van der Waals surface area contributed by atoms with Crippen LogP contribution < -0.4 is 10.5 Å². The van der Waals surface area contributed by atoms with Crippen molar-refractivity contribution in [3.8, 4) is 5.75 Å². The molecule has 0 heterocycles. The highest BCUT2D eigenvalue weighted by atomic mass is 32.1. The summed E-state index contributed by atoms with van der Waals surface area (Å²) in [6.45, 7) is 6.34. The standard InChI is InChI=1S/C13H19NOS/c1-8(7-13(14)16)11-5-6-12(15-4)10(3)9(11)2/h5-6,8H,7H2,1-4H3,(H2,14,16). The molecular formula is C13H19NOS. The van der Waals surface area contributed by atoms with Crippen LogP contribution in [0.5, 0.6) is 5.75 Å². The van der Waals surface area contributed by atoms with Gasteiger partial charge in [-0.15, -0.1) is 0 Å². The molecule has 88 valence electrons. The van der Waals surface area contributed by atoms with Crippen molar-refractivity contribution in [3.05, 3.63) is 28.8 Å². The normalized spacial score (nSPS) is 12.2. The summed E-state index contributed by atoms with van der Waals surface area (Å²) in [5.41, 5.74) is 9.34. The minimum absolute atomic E-state index is 0.363. The zero-order chi connectivity index (χ0) is 12.3. The van der Waals surface area contributed by atoms with E-state index < -0.39 is 0 Å². The summed E-state index contributed by atoms with van der Waals surface area (Å²) in [5, 5.41) is 0. The molecule has 0 saturated heterocycles. The molecule has 0 saturated carbocycles. The third-order valence-corrected chi connectivity index (χ3v) is 3.20. The predicted molar refractivity (Wildman–Crippen MR) is 72.3 cm³/mol. The van der Waals surface area contributed by atoms with Gasteiger partial charge in [0.05, 0.1) is 12.1 Å². The molecule has 0 aliphatic rings. The van der Waals surface area contributed by atoms with E-state index >= 15 is 0 Å². The van der Waals surface area contributed by atoms with Crippen LogP contribution in [0.3, 0.4) is 0 Å². The van der Waals surface area contributed by atoms with Gasteiger partial charge < -0.3 is 10.5 Å². The Morgan fingerprint density at radius 2 is 2.00 bits per heavy atom. The van der Waals surface area contributed by atoms with Gasteiger partial charge in [0.2, 0.25) is 0 Å². The highest BCUT2D eigenvalue weighted by Gasteiger charge is 2.13. The second-order valence-electron chi connectivity index (χ2n) is 4.18. The number of hydrogen-bond donors (Lipinski definition) is 1. The van der Waals surface area contributed by atoms with Crippen LogP contribution in [0, 0.1) is 13.8 Å². The molecule has 0 aliphatic heterocycles. The van der Waals surface area contributed by atoms with E-state index in [2.05, 4.69) is 26.8 Å². The summed E-state index contributed by atoms with van der Waals surface area (Å²) in [7, 11) is 1.69. The minimum atomic E-state index is 0.363. The average Bonchev–Trinajstić information content (AvgIpc) is 2.20. The summed E-state index contributed by atoms with van der Waals surface area (Å²) in [6.07, 6.45) is 0.752. The molecule has 0 fully saturated rings. The lowest BCUT2D eigenvalue weighted by Gasteiger charge is -2.17. The number of methoxy groups -OCH3 is 1. The quantitative estimate of drug-likeness (QED) is 0.817. The number of nitrogens with two attached hydrogens (primary N) is 1. The molecule has 1 aromatic carbocycles. The van der Waals surface area contributed by atoms with Crippen LogP contribution in [0.15, 0.2) is 12.1 Å². The maximum absolute atomic E-state index is 5.58. The third kappa shape index (κ3) is 2.73. The molecule has 1 atom stereocenters. The smallest absolute Gasteiger partial charge is 0.122 e. The molecule has 1 rings (SSSR count). The largest absolute Gasteiger partial charge is 0.496 e. The molecule has 2 N–H and O–H groups in total. The molecule has 0 aliphatic carbocycles. The first kappa shape index (κ1) is 13.0. The SMILES string of the molecule is COc1ccc(C(C)CC(N)=S)c(C)c1C. The third-order valence-electron chi connectivity index (χ3n) is 3.04. The first-order valence-corrected chi connectivity index (χ1v) is 5.80. The Labute approximate surface area is 103 Å². The van der Waals surface area contributed by atoms with E-state index in [-0.39, 0.29) is 0 Å². The van der Waals surface area contributed by atoms with Gasteiger partial charge in [-0.1, -0.05) is 25.2 Å². The fourth-order valence-corrected chi connectivity index (χ4v) is 2.23. The number of benzene rings is 1. The zero-order valence-corrected chi connectivity index (χ0v) is 11.1. The van der Waals surface area contributed by atoms with Crippen molar-refractivity contribution in [2.24, 2.45) is 5.73 Å². The summed E-state index contributed by atoms with van der Waals surface area (Å²) in [5.74, 6) is 1.30. The van der Waals surface area contributed by atoms with Gasteiger partial charge in [-0.2, -0.15) is 0 Å². The van der Waals surface area contributed by atoms with Crippen LogP contribution in [0.2, 0.25) is 0 Å². The molecule has 0 radical (unpaired) electrons. The number of ether oxygens (including phenoxy) is 1. The Morgan fingerprint density at radius 3 is 2.50 bits per heavy atom. The number of hydrogen-bond acceptors (Lipinski definition) is 2. The van der Waals surface area contributed by atoms with Gasteiger partial charge in [0.15, 0.2) is 0 Å². The zero-order valence-electron chi connectivity index (χ0n) is 10.3. The van der Waals surface area contributed by atoms with E-state index in [1.54, 1.807) is 7.11 Å². The van der Waals surface area contributed by atoms with Gasteiger partial charge >= 0.3 is 0 Å². The summed E-state index contributed by atoms with van der Waals surface area (Å²) in [4.78, 5) is 0.570. The van der Waals surface area contributed by atoms with Crippen LogP contribution >= 0.6 is 12.2 Å². The summed E-state index contributed by atoms with van der Waals surface area (Å²) >= 11 is 4.95. The molecule has 0 bridgehead atoms. The second kappa shape index (κ2) is 5.30. The fraction of sp³-hybridized carbons (Fsp3) is 0.462. The van der Waals surface area contributed by atoms with E-state index in [1.807, 2.05) is 6.07 Å². The van der Waals surface area contributed by atoms with Crippen molar-refractivity contribution in [1.29, 1.82) is 0 Å². The topological polar surface area (TPSA) is 35.2 Å². The van der Waals surface area contributed by atoms with E-state index in [0.29, 0.717) is 10.9 Å². The molecule has 16 heavy (non-hydrogen) atoms. The molecule has 2 nitrogen and oxygen atoms in total. The van der Waals surface area contributed by atoms with Crippen LogP contribution in [0.4, 0.5) is 0 Å². The Hall–Kier alpha value is -1.09. The van der Waals surface area contributed by atoms with E-state index in [0.717, 1.165) is 12.2 Å². The minimum Gasteiger partial charge on any atom is -0.496 e. The van der Waals surface area contributed by atoms with Gasteiger partial charge in [0.25, 0.3) is 0 Å². The van der Waals surface area contributed by atoms with Crippen LogP contribution in [0.25, 0.3) is 0 Å². The van der Waals surface area contributed by atoms with Crippen molar-refractivity contribution in [2.75, 3.05) is 7.11 Å². The van der Waals surface area contributed by atoms with E-state index in [1.165, 1.54) is 16.7 Å². The molecule has 1 aromatic rings.